The first kappa shape index (κ1) is 17.2. The van der Waals surface area contributed by atoms with Gasteiger partial charge >= 0.3 is 0 Å². The summed E-state index contributed by atoms with van der Waals surface area (Å²) in [6.45, 7) is 11.6. The number of thiophene rings is 2. The van der Waals surface area contributed by atoms with Crippen LogP contribution in [0.4, 0.5) is 0 Å². The second kappa shape index (κ2) is 7.11. The molecule has 1 aliphatic rings. The maximum Gasteiger partial charge on any atom is 0.0486 e. The second-order valence-corrected chi connectivity index (χ2v) is 9.75. The van der Waals surface area contributed by atoms with Gasteiger partial charge in [0.05, 0.1) is 0 Å². The average Bonchev–Trinajstić information content (AvgIpc) is 3.15. The van der Waals surface area contributed by atoms with Crippen molar-refractivity contribution in [3.63, 3.8) is 0 Å². The molecule has 0 aliphatic heterocycles. The zero-order valence-corrected chi connectivity index (χ0v) is 16.9. The molecule has 0 radical (unpaired) electrons. The van der Waals surface area contributed by atoms with Crippen LogP contribution in [0.1, 0.15) is 105 Å². The van der Waals surface area contributed by atoms with Gasteiger partial charge in [-0.15, -0.1) is 22.7 Å². The molecule has 0 spiro atoms. The third-order valence-corrected chi connectivity index (χ3v) is 8.07. The largest absolute Gasteiger partial charge is 0.139 e. The van der Waals surface area contributed by atoms with E-state index in [4.69, 9.17) is 0 Å². The molecule has 0 unspecified atom stereocenters. The molecule has 1 aliphatic carbocycles. The lowest BCUT2D eigenvalue weighted by molar-refractivity contribution is 0.601. The summed E-state index contributed by atoms with van der Waals surface area (Å²) in [6, 6.07) is 5.05. The van der Waals surface area contributed by atoms with E-state index in [1.807, 2.05) is 0 Å². The van der Waals surface area contributed by atoms with Crippen molar-refractivity contribution < 1.29 is 0 Å². The van der Waals surface area contributed by atoms with Crippen LogP contribution in [0.15, 0.2) is 12.1 Å². The van der Waals surface area contributed by atoms with Crippen molar-refractivity contribution in [3.8, 4) is 9.75 Å². The Morgan fingerprint density at radius 2 is 1.35 bits per heavy atom. The molecule has 3 rings (SSSR count). The standard InChI is InChI=1S/C21H30S2/c1-6-7-8-9-10-15-16-11-18(13(2)3)22-20(16)21-17(15)12-19(23-21)14(4)5/h11-15H,6-10H2,1-5H3. The molecule has 0 nitrogen and oxygen atoms in total. The molecule has 126 valence electrons. The summed E-state index contributed by atoms with van der Waals surface area (Å²) in [6.07, 6.45) is 6.81. The minimum atomic E-state index is 0.652. The van der Waals surface area contributed by atoms with E-state index in [1.165, 1.54) is 32.1 Å². The molecule has 2 aromatic heterocycles. The summed E-state index contributed by atoms with van der Waals surface area (Å²) < 4.78 is 0. The third-order valence-electron chi connectivity index (χ3n) is 5.00. The first-order chi connectivity index (χ1) is 11.0. The van der Waals surface area contributed by atoms with E-state index >= 15 is 0 Å². The lowest BCUT2D eigenvalue weighted by Crippen LogP contribution is -1.96. The number of unbranched alkanes of at least 4 members (excludes halogenated alkanes) is 3. The Morgan fingerprint density at radius 1 is 0.826 bits per heavy atom. The van der Waals surface area contributed by atoms with Gasteiger partial charge in [-0.1, -0.05) is 60.3 Å². The van der Waals surface area contributed by atoms with Gasteiger partial charge in [0.25, 0.3) is 0 Å². The van der Waals surface area contributed by atoms with Crippen LogP contribution in [0.5, 0.6) is 0 Å². The lowest BCUT2D eigenvalue weighted by atomic mass is 9.91. The Bertz CT molecular complexity index is 605. The number of hydrogen-bond acceptors (Lipinski definition) is 2. The van der Waals surface area contributed by atoms with E-state index in [1.54, 1.807) is 30.6 Å². The van der Waals surface area contributed by atoms with Gasteiger partial charge in [-0.05, 0) is 41.5 Å². The van der Waals surface area contributed by atoms with Crippen molar-refractivity contribution >= 4 is 22.7 Å². The van der Waals surface area contributed by atoms with Crippen molar-refractivity contribution in [1.82, 2.24) is 0 Å². The Hall–Kier alpha value is -0.600. The molecule has 0 N–H and O–H groups in total. The molecule has 2 heterocycles. The highest BCUT2D eigenvalue weighted by Crippen LogP contribution is 2.55. The van der Waals surface area contributed by atoms with Crippen LogP contribution in [0.2, 0.25) is 0 Å². The van der Waals surface area contributed by atoms with Gasteiger partial charge in [0.2, 0.25) is 0 Å². The van der Waals surface area contributed by atoms with Crippen molar-refractivity contribution in [2.45, 2.75) is 84.5 Å². The lowest BCUT2D eigenvalue weighted by Gasteiger charge is -2.12. The van der Waals surface area contributed by atoms with E-state index in [-0.39, 0.29) is 0 Å². The van der Waals surface area contributed by atoms with E-state index in [0.717, 1.165) is 0 Å². The van der Waals surface area contributed by atoms with E-state index in [0.29, 0.717) is 17.8 Å². The third kappa shape index (κ3) is 3.30. The summed E-state index contributed by atoms with van der Waals surface area (Å²) >= 11 is 4.11. The number of hydrogen-bond donors (Lipinski definition) is 0. The summed E-state index contributed by atoms with van der Waals surface area (Å²) in [5.41, 5.74) is 3.29. The van der Waals surface area contributed by atoms with Crippen LogP contribution in [0.3, 0.4) is 0 Å². The van der Waals surface area contributed by atoms with Gasteiger partial charge in [0.15, 0.2) is 0 Å². The maximum atomic E-state index is 2.52. The molecule has 0 amide bonds. The molecule has 0 atom stereocenters. The number of fused-ring (bicyclic) bond motifs is 3. The van der Waals surface area contributed by atoms with Crippen molar-refractivity contribution in [3.05, 3.63) is 33.0 Å². The van der Waals surface area contributed by atoms with E-state index < -0.39 is 0 Å². The normalized spacial score (nSPS) is 14.0. The highest BCUT2D eigenvalue weighted by Gasteiger charge is 2.33. The van der Waals surface area contributed by atoms with Crippen LogP contribution in [0, 0.1) is 0 Å². The second-order valence-electron chi connectivity index (χ2n) is 7.58. The Kier molecular flexibility index (Phi) is 5.32. The van der Waals surface area contributed by atoms with Crippen molar-refractivity contribution in [2.24, 2.45) is 0 Å². The fraction of sp³-hybridized carbons (Fsp3) is 0.619. The zero-order chi connectivity index (χ0) is 16.6. The minimum Gasteiger partial charge on any atom is -0.139 e. The van der Waals surface area contributed by atoms with Crippen LogP contribution >= 0.6 is 22.7 Å². The van der Waals surface area contributed by atoms with E-state index in [9.17, 15) is 0 Å². The molecular formula is C21H30S2. The quantitative estimate of drug-likeness (QED) is 0.444. The van der Waals surface area contributed by atoms with Crippen molar-refractivity contribution in [2.75, 3.05) is 0 Å². The SMILES string of the molecule is CCCCCCC1c2cc(C(C)C)sc2-c2sc(C(C)C)cc21. The topological polar surface area (TPSA) is 0 Å². The molecule has 0 saturated heterocycles. The molecular weight excluding hydrogens is 316 g/mol. The van der Waals surface area contributed by atoms with Crippen molar-refractivity contribution in [1.29, 1.82) is 0 Å². The Balaban J connectivity index is 1.92. The van der Waals surface area contributed by atoms with Crippen LogP contribution in [0.25, 0.3) is 9.75 Å². The fourth-order valence-electron chi connectivity index (χ4n) is 3.55. The zero-order valence-electron chi connectivity index (χ0n) is 15.2. The summed E-state index contributed by atoms with van der Waals surface area (Å²) in [4.78, 5) is 6.33. The number of rotatable bonds is 7. The molecule has 0 bridgehead atoms. The highest BCUT2D eigenvalue weighted by molar-refractivity contribution is 7.22. The molecule has 2 aromatic rings. The average molecular weight is 347 g/mol. The Morgan fingerprint density at radius 3 is 1.78 bits per heavy atom. The predicted molar refractivity (Wildman–Crippen MR) is 106 cm³/mol. The first-order valence-electron chi connectivity index (χ1n) is 9.30. The van der Waals surface area contributed by atoms with Gasteiger partial charge in [-0.2, -0.15) is 0 Å². The molecule has 0 aromatic carbocycles. The summed E-state index contributed by atoms with van der Waals surface area (Å²) in [7, 11) is 0. The van der Waals surface area contributed by atoms with Gasteiger partial charge in [-0.25, -0.2) is 0 Å². The van der Waals surface area contributed by atoms with Gasteiger partial charge < -0.3 is 0 Å². The molecule has 2 heteroatoms. The highest BCUT2D eigenvalue weighted by atomic mass is 32.1. The van der Waals surface area contributed by atoms with Crippen LogP contribution in [-0.2, 0) is 0 Å². The smallest absolute Gasteiger partial charge is 0.0486 e. The molecule has 23 heavy (non-hydrogen) atoms. The van der Waals surface area contributed by atoms with E-state index in [2.05, 4.69) is 69.4 Å². The first-order valence-corrected chi connectivity index (χ1v) is 10.9. The van der Waals surface area contributed by atoms with Gasteiger partial charge in [0, 0.05) is 25.4 Å². The van der Waals surface area contributed by atoms with Gasteiger partial charge in [0.1, 0.15) is 0 Å². The maximum absolute atomic E-state index is 2.52. The molecule has 0 fully saturated rings. The monoisotopic (exact) mass is 346 g/mol. The molecule has 0 saturated carbocycles. The van der Waals surface area contributed by atoms with Crippen LogP contribution < -0.4 is 0 Å². The summed E-state index contributed by atoms with van der Waals surface area (Å²) in [5.74, 6) is 1.98. The van der Waals surface area contributed by atoms with Gasteiger partial charge in [-0.3, -0.25) is 0 Å². The summed E-state index contributed by atoms with van der Waals surface area (Å²) in [5, 5.41) is 0. The van der Waals surface area contributed by atoms with Crippen LogP contribution in [-0.4, -0.2) is 0 Å². The predicted octanol–water partition coefficient (Wildman–Crippen LogP) is 8.14. The minimum absolute atomic E-state index is 0.652. The fourth-order valence-corrected chi connectivity index (χ4v) is 6.17. The Labute approximate surface area is 150 Å².